The molecule has 1 unspecified atom stereocenters. The smallest absolute Gasteiger partial charge is 0.101 e. The Bertz CT molecular complexity index is 625. The largest absolute Gasteiger partial charge is 0.377 e. The molecule has 0 saturated heterocycles. The van der Waals surface area contributed by atoms with E-state index in [-0.39, 0.29) is 0 Å². The van der Waals surface area contributed by atoms with Crippen molar-refractivity contribution in [3.05, 3.63) is 65.2 Å². The molecule has 94 valence electrons. The molecule has 2 heteroatoms. The quantitative estimate of drug-likeness (QED) is 0.870. The first-order valence-corrected chi connectivity index (χ1v) is 6.72. The van der Waals surface area contributed by atoms with E-state index in [4.69, 9.17) is 5.26 Å². The Morgan fingerprint density at radius 3 is 2.74 bits per heavy atom. The molecule has 3 rings (SSSR count). The van der Waals surface area contributed by atoms with Crippen molar-refractivity contribution in [3.63, 3.8) is 0 Å². The molecule has 0 saturated carbocycles. The lowest BCUT2D eigenvalue weighted by atomic mass is 9.87. The molecular formula is C17H16N2. The number of hydrogen-bond donors (Lipinski definition) is 1. The minimum Gasteiger partial charge on any atom is -0.377 e. The second-order valence-corrected chi connectivity index (χ2v) is 4.95. The molecule has 2 aromatic carbocycles. The Hall–Kier alpha value is -2.27. The summed E-state index contributed by atoms with van der Waals surface area (Å²) in [6.07, 6.45) is 3.48. The number of hydrogen-bond acceptors (Lipinski definition) is 2. The van der Waals surface area contributed by atoms with Crippen LogP contribution in [-0.2, 0) is 6.42 Å². The van der Waals surface area contributed by atoms with Crippen molar-refractivity contribution in [1.82, 2.24) is 0 Å². The summed E-state index contributed by atoms with van der Waals surface area (Å²) in [6.45, 7) is 0. The molecule has 0 fully saturated rings. The molecule has 2 aromatic rings. The number of fused-ring (bicyclic) bond motifs is 1. The van der Waals surface area contributed by atoms with Gasteiger partial charge in [0.15, 0.2) is 0 Å². The Kier molecular flexibility index (Phi) is 3.20. The molecule has 19 heavy (non-hydrogen) atoms. The van der Waals surface area contributed by atoms with Crippen molar-refractivity contribution in [3.8, 4) is 6.07 Å². The average molecular weight is 248 g/mol. The van der Waals surface area contributed by atoms with Gasteiger partial charge in [0.2, 0.25) is 0 Å². The average Bonchev–Trinajstić information content (AvgIpc) is 2.48. The first-order valence-electron chi connectivity index (χ1n) is 6.72. The Morgan fingerprint density at radius 2 is 1.84 bits per heavy atom. The summed E-state index contributed by atoms with van der Waals surface area (Å²) in [4.78, 5) is 0. The molecule has 1 aliphatic rings. The van der Waals surface area contributed by atoms with E-state index in [0.717, 1.165) is 18.5 Å². The maximum atomic E-state index is 9.15. The van der Waals surface area contributed by atoms with Gasteiger partial charge in [-0.3, -0.25) is 0 Å². The summed E-state index contributed by atoms with van der Waals surface area (Å²) in [5.74, 6) is 0. The van der Waals surface area contributed by atoms with Crippen LogP contribution in [0.25, 0.3) is 0 Å². The van der Waals surface area contributed by atoms with Gasteiger partial charge in [0.25, 0.3) is 0 Å². The maximum Gasteiger partial charge on any atom is 0.101 e. The van der Waals surface area contributed by atoms with Gasteiger partial charge in [0.1, 0.15) is 6.07 Å². The third-order valence-electron chi connectivity index (χ3n) is 3.75. The van der Waals surface area contributed by atoms with Crippen molar-refractivity contribution in [2.24, 2.45) is 0 Å². The molecular weight excluding hydrogens is 232 g/mol. The summed E-state index contributed by atoms with van der Waals surface area (Å²) in [6, 6.07) is 18.9. The van der Waals surface area contributed by atoms with E-state index in [2.05, 4.69) is 35.7 Å². The zero-order chi connectivity index (χ0) is 13.1. The normalized spacial score (nSPS) is 17.3. The van der Waals surface area contributed by atoms with E-state index in [1.165, 1.54) is 17.5 Å². The predicted octanol–water partition coefficient (Wildman–Crippen LogP) is 4.05. The molecule has 0 bridgehead atoms. The van der Waals surface area contributed by atoms with Gasteiger partial charge in [0.05, 0.1) is 17.3 Å². The Labute approximate surface area is 113 Å². The molecule has 1 N–H and O–H groups in total. The molecule has 0 spiro atoms. The van der Waals surface area contributed by atoms with Crippen molar-refractivity contribution >= 4 is 5.69 Å². The number of para-hydroxylation sites is 1. The Morgan fingerprint density at radius 1 is 1.05 bits per heavy atom. The predicted molar refractivity (Wildman–Crippen MR) is 76.9 cm³/mol. The topological polar surface area (TPSA) is 35.8 Å². The lowest BCUT2D eigenvalue weighted by Crippen LogP contribution is -2.17. The van der Waals surface area contributed by atoms with Crippen LogP contribution in [0.5, 0.6) is 0 Å². The van der Waals surface area contributed by atoms with E-state index in [1.54, 1.807) is 0 Å². The minimum absolute atomic E-state index is 0.319. The molecule has 0 amide bonds. The summed E-state index contributed by atoms with van der Waals surface area (Å²) >= 11 is 0. The number of anilines is 1. The zero-order valence-corrected chi connectivity index (χ0v) is 10.8. The lowest BCUT2D eigenvalue weighted by molar-refractivity contribution is 0.600. The van der Waals surface area contributed by atoms with E-state index in [9.17, 15) is 0 Å². The van der Waals surface area contributed by atoms with E-state index >= 15 is 0 Å². The molecule has 0 aliphatic heterocycles. The Balaban J connectivity index is 1.91. The standard InChI is InChI=1S/C17H16N2/c18-12-14-7-2-4-10-16(14)19-17-11-5-8-13-6-1-3-9-15(13)17/h1-4,6-7,9-10,17,19H,5,8,11H2. The third kappa shape index (κ3) is 2.32. The fourth-order valence-corrected chi connectivity index (χ4v) is 2.80. The van der Waals surface area contributed by atoms with Gasteiger partial charge in [-0.1, -0.05) is 36.4 Å². The summed E-state index contributed by atoms with van der Waals surface area (Å²) < 4.78 is 0. The van der Waals surface area contributed by atoms with Gasteiger partial charge in [-0.05, 0) is 42.5 Å². The van der Waals surface area contributed by atoms with Crippen LogP contribution >= 0.6 is 0 Å². The first kappa shape index (κ1) is 11.8. The van der Waals surface area contributed by atoms with Gasteiger partial charge in [-0.15, -0.1) is 0 Å². The van der Waals surface area contributed by atoms with Crippen molar-refractivity contribution in [1.29, 1.82) is 5.26 Å². The van der Waals surface area contributed by atoms with E-state index in [0.29, 0.717) is 11.6 Å². The van der Waals surface area contributed by atoms with Crippen molar-refractivity contribution in [2.75, 3.05) is 5.32 Å². The maximum absolute atomic E-state index is 9.15. The molecule has 0 aromatic heterocycles. The molecule has 2 nitrogen and oxygen atoms in total. The van der Waals surface area contributed by atoms with Crippen molar-refractivity contribution in [2.45, 2.75) is 25.3 Å². The zero-order valence-electron chi connectivity index (χ0n) is 10.8. The van der Waals surface area contributed by atoms with Gasteiger partial charge >= 0.3 is 0 Å². The SMILES string of the molecule is N#Cc1ccccc1NC1CCCc2ccccc21. The molecule has 0 radical (unpaired) electrons. The number of aryl methyl sites for hydroxylation is 1. The highest BCUT2D eigenvalue weighted by Gasteiger charge is 2.20. The van der Waals surface area contributed by atoms with Crippen LogP contribution in [0.15, 0.2) is 48.5 Å². The van der Waals surface area contributed by atoms with Crippen LogP contribution in [0.2, 0.25) is 0 Å². The van der Waals surface area contributed by atoms with Crippen LogP contribution < -0.4 is 5.32 Å². The summed E-state index contributed by atoms with van der Waals surface area (Å²) in [5, 5.41) is 12.7. The number of nitriles is 1. The number of nitrogens with zero attached hydrogens (tertiary/aromatic N) is 1. The summed E-state index contributed by atoms with van der Waals surface area (Å²) in [5.41, 5.74) is 4.46. The van der Waals surface area contributed by atoms with Crippen LogP contribution in [-0.4, -0.2) is 0 Å². The van der Waals surface area contributed by atoms with Crippen LogP contribution in [0.3, 0.4) is 0 Å². The monoisotopic (exact) mass is 248 g/mol. The van der Waals surface area contributed by atoms with E-state index in [1.807, 2.05) is 24.3 Å². The number of benzene rings is 2. The molecule has 1 aliphatic carbocycles. The lowest BCUT2D eigenvalue weighted by Gasteiger charge is -2.27. The highest BCUT2D eigenvalue weighted by Crippen LogP contribution is 2.32. The second-order valence-electron chi connectivity index (χ2n) is 4.95. The number of nitrogens with one attached hydrogen (secondary N) is 1. The second kappa shape index (κ2) is 5.16. The van der Waals surface area contributed by atoms with Crippen LogP contribution in [0, 0.1) is 11.3 Å². The third-order valence-corrected chi connectivity index (χ3v) is 3.75. The highest BCUT2D eigenvalue weighted by atomic mass is 14.9. The van der Waals surface area contributed by atoms with Crippen molar-refractivity contribution < 1.29 is 0 Å². The minimum atomic E-state index is 0.319. The summed E-state index contributed by atoms with van der Waals surface area (Å²) in [7, 11) is 0. The molecule has 1 atom stereocenters. The fraction of sp³-hybridized carbons (Fsp3) is 0.235. The van der Waals surface area contributed by atoms with Gasteiger partial charge in [-0.25, -0.2) is 0 Å². The number of rotatable bonds is 2. The fourth-order valence-electron chi connectivity index (χ4n) is 2.80. The highest BCUT2D eigenvalue weighted by molar-refractivity contribution is 5.58. The van der Waals surface area contributed by atoms with Crippen LogP contribution in [0.4, 0.5) is 5.69 Å². The van der Waals surface area contributed by atoms with Gasteiger partial charge < -0.3 is 5.32 Å². The van der Waals surface area contributed by atoms with Gasteiger partial charge in [0, 0.05) is 0 Å². The van der Waals surface area contributed by atoms with Crippen LogP contribution in [0.1, 0.15) is 35.6 Å². The molecule has 0 heterocycles. The first-order chi connectivity index (χ1) is 9.38. The van der Waals surface area contributed by atoms with E-state index < -0.39 is 0 Å². The van der Waals surface area contributed by atoms with Gasteiger partial charge in [-0.2, -0.15) is 5.26 Å².